The summed E-state index contributed by atoms with van der Waals surface area (Å²) < 4.78 is 27.6. The molecule has 6 nitrogen and oxygen atoms in total. The van der Waals surface area contributed by atoms with E-state index in [0.717, 1.165) is 5.56 Å². The van der Waals surface area contributed by atoms with Gasteiger partial charge in [0, 0.05) is 5.02 Å². The van der Waals surface area contributed by atoms with Crippen molar-refractivity contribution in [2.75, 3.05) is 4.72 Å². The fourth-order valence-electron chi connectivity index (χ4n) is 2.35. The third-order valence-electron chi connectivity index (χ3n) is 3.72. The molecule has 0 fully saturated rings. The van der Waals surface area contributed by atoms with Crippen LogP contribution < -0.4 is 10.1 Å². The van der Waals surface area contributed by atoms with Crippen molar-refractivity contribution in [1.82, 2.24) is 5.43 Å². The lowest BCUT2D eigenvalue weighted by Crippen LogP contribution is -2.21. The highest BCUT2D eigenvalue weighted by atomic mass is 35.5. The first-order valence-corrected chi connectivity index (χ1v) is 10.1. The lowest BCUT2D eigenvalue weighted by atomic mass is 10.2. The second kappa shape index (κ2) is 8.69. The molecular formula is C20H16ClN3O3S. The van der Waals surface area contributed by atoms with Gasteiger partial charge in [-0.3, -0.25) is 9.52 Å². The summed E-state index contributed by atoms with van der Waals surface area (Å²) in [6.07, 6.45) is 1.50. The predicted octanol–water partition coefficient (Wildman–Crippen LogP) is 3.90. The Labute approximate surface area is 167 Å². The van der Waals surface area contributed by atoms with Crippen LogP contribution in [0.2, 0.25) is 5.02 Å². The highest BCUT2D eigenvalue weighted by Gasteiger charge is 2.18. The van der Waals surface area contributed by atoms with Gasteiger partial charge in [0.25, 0.3) is 15.9 Å². The number of amides is 1. The van der Waals surface area contributed by atoms with E-state index in [1.54, 1.807) is 12.1 Å². The van der Waals surface area contributed by atoms with Gasteiger partial charge in [-0.1, -0.05) is 54.1 Å². The summed E-state index contributed by atoms with van der Waals surface area (Å²) in [6, 6.07) is 21.3. The number of carbonyl (C=O) groups is 1. The summed E-state index contributed by atoms with van der Waals surface area (Å²) in [5.74, 6) is -0.540. The maximum absolute atomic E-state index is 12.6. The van der Waals surface area contributed by atoms with Crippen LogP contribution in [0, 0.1) is 0 Å². The maximum Gasteiger partial charge on any atom is 0.273 e. The molecule has 0 aliphatic rings. The number of hydrazone groups is 1. The molecule has 3 aromatic rings. The van der Waals surface area contributed by atoms with Crippen LogP contribution in [0.1, 0.15) is 15.9 Å². The van der Waals surface area contributed by atoms with E-state index in [4.69, 9.17) is 11.6 Å². The minimum Gasteiger partial charge on any atom is -0.279 e. The summed E-state index contributed by atoms with van der Waals surface area (Å²) in [4.78, 5) is 12.5. The molecule has 3 rings (SSSR count). The van der Waals surface area contributed by atoms with Crippen molar-refractivity contribution in [1.29, 1.82) is 0 Å². The van der Waals surface area contributed by atoms with Crippen molar-refractivity contribution in [2.24, 2.45) is 5.10 Å². The molecule has 0 atom stereocenters. The summed E-state index contributed by atoms with van der Waals surface area (Å²) in [5.41, 5.74) is 3.51. The number of carbonyl (C=O) groups excluding carboxylic acids is 1. The van der Waals surface area contributed by atoms with Gasteiger partial charge in [0.1, 0.15) is 0 Å². The minimum atomic E-state index is -3.88. The number of nitrogens with one attached hydrogen (secondary N) is 2. The van der Waals surface area contributed by atoms with Crippen LogP contribution in [0.5, 0.6) is 0 Å². The SMILES string of the molecule is O=C(N/N=C\c1ccccc1)c1ccccc1NS(=O)(=O)c1ccc(Cl)cc1. The Kier molecular flexibility index (Phi) is 6.08. The van der Waals surface area contributed by atoms with Crippen LogP contribution in [-0.4, -0.2) is 20.5 Å². The lowest BCUT2D eigenvalue weighted by molar-refractivity contribution is 0.0956. The standard InChI is InChI=1S/C20H16ClN3O3S/c21-16-10-12-17(13-11-16)28(26,27)24-19-9-5-4-8-18(19)20(25)23-22-14-15-6-2-1-3-7-15/h1-14,24H,(H,23,25)/b22-14-. The molecule has 0 saturated carbocycles. The van der Waals surface area contributed by atoms with Crippen molar-refractivity contribution in [2.45, 2.75) is 4.90 Å². The van der Waals surface area contributed by atoms with E-state index in [0.29, 0.717) is 5.02 Å². The molecule has 0 saturated heterocycles. The van der Waals surface area contributed by atoms with Gasteiger partial charge in [0.2, 0.25) is 0 Å². The van der Waals surface area contributed by atoms with Crippen molar-refractivity contribution in [3.63, 3.8) is 0 Å². The predicted molar refractivity (Wildman–Crippen MR) is 110 cm³/mol. The Morgan fingerprint density at radius 2 is 1.54 bits per heavy atom. The summed E-state index contributed by atoms with van der Waals surface area (Å²) in [5, 5.41) is 4.33. The van der Waals surface area contributed by atoms with Gasteiger partial charge in [-0.25, -0.2) is 13.8 Å². The van der Waals surface area contributed by atoms with E-state index in [1.807, 2.05) is 30.3 Å². The Morgan fingerprint density at radius 1 is 0.893 bits per heavy atom. The van der Waals surface area contributed by atoms with E-state index in [2.05, 4.69) is 15.2 Å². The molecule has 8 heteroatoms. The summed E-state index contributed by atoms with van der Waals surface area (Å²) in [7, 11) is -3.88. The van der Waals surface area contributed by atoms with E-state index in [1.165, 1.54) is 42.6 Å². The molecule has 0 bridgehead atoms. The maximum atomic E-state index is 12.6. The van der Waals surface area contributed by atoms with Crippen LogP contribution in [0.15, 0.2) is 88.9 Å². The first kappa shape index (κ1) is 19.6. The molecule has 1 amide bonds. The van der Waals surface area contributed by atoms with Crippen LogP contribution in [0.3, 0.4) is 0 Å². The molecule has 3 aromatic carbocycles. The molecule has 2 N–H and O–H groups in total. The zero-order valence-corrected chi connectivity index (χ0v) is 16.1. The third-order valence-corrected chi connectivity index (χ3v) is 5.35. The van der Waals surface area contributed by atoms with Gasteiger partial charge in [0.15, 0.2) is 0 Å². The van der Waals surface area contributed by atoms with Crippen LogP contribution in [-0.2, 0) is 10.0 Å². The number of sulfonamides is 1. The quantitative estimate of drug-likeness (QED) is 0.474. The molecular weight excluding hydrogens is 398 g/mol. The highest BCUT2D eigenvalue weighted by Crippen LogP contribution is 2.21. The number of hydrogen-bond donors (Lipinski definition) is 2. The molecule has 0 aromatic heterocycles. The topological polar surface area (TPSA) is 87.6 Å². The number of rotatable bonds is 6. The van der Waals surface area contributed by atoms with Gasteiger partial charge in [-0.15, -0.1) is 0 Å². The summed E-state index contributed by atoms with van der Waals surface area (Å²) >= 11 is 5.80. The molecule has 0 unspecified atom stereocenters. The van der Waals surface area contributed by atoms with Crippen LogP contribution in [0.25, 0.3) is 0 Å². The largest absolute Gasteiger partial charge is 0.279 e. The van der Waals surface area contributed by atoms with Gasteiger partial charge in [-0.2, -0.15) is 5.10 Å². The average molecular weight is 414 g/mol. The van der Waals surface area contributed by atoms with E-state index in [-0.39, 0.29) is 16.1 Å². The zero-order valence-electron chi connectivity index (χ0n) is 14.5. The molecule has 0 heterocycles. The fraction of sp³-hybridized carbons (Fsp3) is 0. The molecule has 142 valence electrons. The minimum absolute atomic E-state index is 0.0363. The van der Waals surface area contributed by atoms with Crippen molar-refractivity contribution < 1.29 is 13.2 Å². The third kappa shape index (κ3) is 4.97. The number of benzene rings is 3. The van der Waals surface area contributed by atoms with Crippen LogP contribution >= 0.6 is 11.6 Å². The summed E-state index contributed by atoms with van der Waals surface area (Å²) in [6.45, 7) is 0. The first-order chi connectivity index (χ1) is 13.5. The van der Waals surface area contributed by atoms with E-state index >= 15 is 0 Å². The average Bonchev–Trinajstić information content (AvgIpc) is 2.69. The van der Waals surface area contributed by atoms with E-state index in [9.17, 15) is 13.2 Å². The number of halogens is 1. The monoisotopic (exact) mass is 413 g/mol. The van der Waals surface area contributed by atoms with Gasteiger partial charge >= 0.3 is 0 Å². The highest BCUT2D eigenvalue weighted by molar-refractivity contribution is 7.92. The van der Waals surface area contributed by atoms with Gasteiger partial charge in [0.05, 0.1) is 22.4 Å². The number of para-hydroxylation sites is 1. The smallest absolute Gasteiger partial charge is 0.273 e. The Morgan fingerprint density at radius 3 is 2.25 bits per heavy atom. The van der Waals surface area contributed by atoms with Crippen molar-refractivity contribution >= 4 is 39.4 Å². The number of nitrogens with zero attached hydrogens (tertiary/aromatic N) is 1. The van der Waals surface area contributed by atoms with Crippen molar-refractivity contribution in [3.8, 4) is 0 Å². The molecule has 0 aliphatic carbocycles. The Balaban J connectivity index is 1.78. The second-order valence-electron chi connectivity index (χ2n) is 5.71. The molecule has 28 heavy (non-hydrogen) atoms. The normalized spacial score (nSPS) is 11.3. The lowest BCUT2D eigenvalue weighted by Gasteiger charge is -2.11. The van der Waals surface area contributed by atoms with E-state index < -0.39 is 15.9 Å². The van der Waals surface area contributed by atoms with Gasteiger partial charge in [-0.05, 0) is 42.0 Å². The fourth-order valence-corrected chi connectivity index (χ4v) is 3.56. The molecule has 0 spiro atoms. The molecule has 0 radical (unpaired) electrons. The number of hydrogen-bond acceptors (Lipinski definition) is 4. The Hall–Kier alpha value is -3.16. The second-order valence-corrected chi connectivity index (χ2v) is 7.83. The molecule has 0 aliphatic heterocycles. The number of anilines is 1. The zero-order chi connectivity index (χ0) is 20.0. The Bertz CT molecular complexity index is 1100. The van der Waals surface area contributed by atoms with Crippen molar-refractivity contribution in [3.05, 3.63) is 95.0 Å². The van der Waals surface area contributed by atoms with Gasteiger partial charge < -0.3 is 0 Å². The first-order valence-electron chi connectivity index (χ1n) is 8.21. The van der Waals surface area contributed by atoms with Crippen LogP contribution in [0.4, 0.5) is 5.69 Å².